The van der Waals surface area contributed by atoms with E-state index in [1.807, 2.05) is 62.4 Å². The number of hydrogen-bond acceptors (Lipinski definition) is 10. The van der Waals surface area contributed by atoms with Crippen molar-refractivity contribution in [3.05, 3.63) is 89.5 Å². The van der Waals surface area contributed by atoms with Crippen LogP contribution in [0.2, 0.25) is 0 Å². The van der Waals surface area contributed by atoms with Crippen LogP contribution in [0, 0.1) is 0 Å². The van der Waals surface area contributed by atoms with Gasteiger partial charge >= 0.3 is 0 Å². The van der Waals surface area contributed by atoms with Crippen LogP contribution in [0.5, 0.6) is 0 Å². The van der Waals surface area contributed by atoms with E-state index in [0.29, 0.717) is 11.3 Å². The van der Waals surface area contributed by atoms with Crippen LogP contribution in [0.3, 0.4) is 0 Å². The Morgan fingerprint density at radius 2 is 0.816 bits per heavy atom. The number of nitrogens with zero attached hydrogens (tertiary/aromatic N) is 2. The van der Waals surface area contributed by atoms with E-state index in [2.05, 4.69) is 30.7 Å². The van der Waals surface area contributed by atoms with Crippen molar-refractivity contribution in [1.29, 1.82) is 0 Å². The average molecular weight is 547 g/mol. The SMILES string of the molecule is CC(=O)c1ccc(N)cc1.CO/N=C(/C)c1ccc(N)cc1.CO/N=C(\C)c1ccc(N)cc1.CON.Cl. The number of rotatable bonds is 5. The first-order chi connectivity index (χ1) is 17.6. The number of ketones is 1. The standard InChI is InChI=1S/2C9H12N2O.C8H9NO.CH5NO.ClH/c2*1-7(11-12-2)8-3-5-9(10)6-4-8;1-6(10)7-2-4-8(9)5-3-7;1-3-2;/h2*3-6H,10H2,1-2H3;2-5H,9H2,1H3;2H2,1H3;1H/b11-7+;11-7-;;;. The molecule has 0 saturated heterocycles. The zero-order chi connectivity index (χ0) is 28.2. The molecule has 0 aliphatic rings. The molecule has 0 fully saturated rings. The Labute approximate surface area is 231 Å². The Bertz CT molecular complexity index is 1040. The van der Waals surface area contributed by atoms with Crippen molar-refractivity contribution < 1.29 is 19.3 Å². The molecule has 10 nitrogen and oxygen atoms in total. The molecule has 0 aromatic heterocycles. The molecule has 11 heteroatoms. The number of carbonyl (C=O) groups is 1. The number of hydrogen-bond donors (Lipinski definition) is 4. The molecule has 0 radical (unpaired) electrons. The van der Waals surface area contributed by atoms with E-state index in [-0.39, 0.29) is 18.2 Å². The Balaban J connectivity index is 0. The molecule has 3 aromatic carbocycles. The molecule has 0 heterocycles. The van der Waals surface area contributed by atoms with Gasteiger partial charge in [-0.2, -0.15) is 0 Å². The number of carbonyl (C=O) groups excluding carboxylic acids is 1. The molecule has 0 unspecified atom stereocenters. The minimum Gasteiger partial charge on any atom is -0.399 e. The number of nitrogen functional groups attached to an aromatic ring is 3. The second-order valence-corrected chi connectivity index (χ2v) is 7.38. The molecule has 0 aliphatic heterocycles. The smallest absolute Gasteiger partial charge is 0.159 e. The number of Topliss-reactive ketones (excluding diaryl/α,β-unsaturated/α-hetero) is 1. The highest BCUT2D eigenvalue weighted by atomic mass is 35.5. The third-order valence-corrected chi connectivity index (χ3v) is 4.43. The van der Waals surface area contributed by atoms with E-state index >= 15 is 0 Å². The third kappa shape index (κ3) is 15.8. The second-order valence-electron chi connectivity index (χ2n) is 7.38. The van der Waals surface area contributed by atoms with Gasteiger partial charge in [-0.3, -0.25) is 4.79 Å². The summed E-state index contributed by atoms with van der Waals surface area (Å²) < 4.78 is 0. The van der Waals surface area contributed by atoms with Gasteiger partial charge in [-0.05, 0) is 80.4 Å². The number of nitrogens with two attached hydrogens (primary N) is 4. The summed E-state index contributed by atoms with van der Waals surface area (Å²) >= 11 is 0. The highest BCUT2D eigenvalue weighted by Gasteiger charge is 1.97. The Kier molecular flexibility index (Phi) is 19.9. The fourth-order valence-corrected chi connectivity index (χ4v) is 2.55. The van der Waals surface area contributed by atoms with E-state index in [9.17, 15) is 4.79 Å². The molecule has 0 spiro atoms. The minimum atomic E-state index is 0. The molecule has 208 valence electrons. The van der Waals surface area contributed by atoms with Crippen molar-refractivity contribution in [2.45, 2.75) is 20.8 Å². The van der Waals surface area contributed by atoms with Crippen molar-refractivity contribution in [3.63, 3.8) is 0 Å². The first-order valence-corrected chi connectivity index (χ1v) is 11.1. The largest absolute Gasteiger partial charge is 0.399 e. The number of benzene rings is 3. The van der Waals surface area contributed by atoms with E-state index in [1.54, 1.807) is 24.3 Å². The van der Waals surface area contributed by atoms with Crippen molar-refractivity contribution in [3.8, 4) is 0 Å². The van der Waals surface area contributed by atoms with Crippen LogP contribution in [-0.2, 0) is 14.5 Å². The molecule has 0 atom stereocenters. The molecule has 3 aromatic rings. The van der Waals surface area contributed by atoms with Gasteiger partial charge in [0.25, 0.3) is 0 Å². The summed E-state index contributed by atoms with van der Waals surface area (Å²) in [7, 11) is 4.46. The maximum Gasteiger partial charge on any atom is 0.159 e. The van der Waals surface area contributed by atoms with Crippen molar-refractivity contribution >= 4 is 46.7 Å². The third-order valence-electron chi connectivity index (χ3n) is 4.43. The van der Waals surface area contributed by atoms with E-state index in [4.69, 9.17) is 17.2 Å². The van der Waals surface area contributed by atoms with Gasteiger partial charge in [-0.15, -0.1) is 12.4 Å². The molecular formula is C27H39ClN6O4. The van der Waals surface area contributed by atoms with Crippen LogP contribution in [0.25, 0.3) is 0 Å². The maximum absolute atomic E-state index is 10.7. The van der Waals surface area contributed by atoms with Gasteiger partial charge < -0.3 is 31.7 Å². The van der Waals surface area contributed by atoms with Crippen LogP contribution in [0.15, 0.2) is 83.1 Å². The van der Waals surface area contributed by atoms with E-state index in [1.165, 1.54) is 28.3 Å². The first-order valence-electron chi connectivity index (χ1n) is 11.1. The summed E-state index contributed by atoms with van der Waals surface area (Å²) in [6.07, 6.45) is 0. The Hall–Kier alpha value is -4.12. The van der Waals surface area contributed by atoms with Crippen molar-refractivity contribution in [1.82, 2.24) is 0 Å². The highest BCUT2D eigenvalue weighted by molar-refractivity contribution is 5.99. The molecule has 0 amide bonds. The highest BCUT2D eigenvalue weighted by Crippen LogP contribution is 2.08. The van der Waals surface area contributed by atoms with Crippen molar-refractivity contribution in [2.75, 3.05) is 38.5 Å². The van der Waals surface area contributed by atoms with Gasteiger partial charge in [-0.1, -0.05) is 34.6 Å². The summed E-state index contributed by atoms with van der Waals surface area (Å²) in [5.74, 6) is 4.42. The Morgan fingerprint density at radius 3 is 1.03 bits per heavy atom. The minimum absolute atomic E-state index is 0. The van der Waals surface area contributed by atoms with Crippen LogP contribution < -0.4 is 23.1 Å². The summed E-state index contributed by atoms with van der Waals surface area (Å²) in [5, 5.41) is 7.60. The fraction of sp³-hybridized carbons (Fsp3) is 0.222. The normalized spacial score (nSPS) is 10.1. The van der Waals surface area contributed by atoms with Crippen LogP contribution >= 0.6 is 12.4 Å². The lowest BCUT2D eigenvalue weighted by atomic mass is 10.1. The zero-order valence-electron chi connectivity index (χ0n) is 22.7. The zero-order valence-corrected chi connectivity index (χ0v) is 23.5. The molecule has 0 bridgehead atoms. The molecule has 0 aliphatic carbocycles. The molecule has 3 rings (SSSR count). The monoisotopic (exact) mass is 546 g/mol. The summed E-state index contributed by atoms with van der Waals surface area (Å²) in [5.41, 5.74) is 23.1. The van der Waals surface area contributed by atoms with Gasteiger partial charge in [0.1, 0.15) is 14.2 Å². The topological polar surface area (TPSA) is 174 Å². The van der Waals surface area contributed by atoms with Crippen LogP contribution in [0.4, 0.5) is 17.1 Å². The molecule has 0 saturated carbocycles. The van der Waals surface area contributed by atoms with Crippen LogP contribution in [0.1, 0.15) is 42.3 Å². The predicted molar refractivity (Wildman–Crippen MR) is 159 cm³/mol. The summed E-state index contributed by atoms with van der Waals surface area (Å²) in [4.78, 5) is 23.8. The Morgan fingerprint density at radius 1 is 0.579 bits per heavy atom. The van der Waals surface area contributed by atoms with Gasteiger partial charge in [0.2, 0.25) is 0 Å². The lowest BCUT2D eigenvalue weighted by molar-refractivity contribution is 0.101. The fourth-order valence-electron chi connectivity index (χ4n) is 2.55. The quantitative estimate of drug-likeness (QED) is 0.154. The number of halogens is 1. The van der Waals surface area contributed by atoms with Crippen LogP contribution in [-0.4, -0.2) is 38.5 Å². The van der Waals surface area contributed by atoms with Gasteiger partial charge in [-0.25, -0.2) is 5.90 Å². The number of oxime groups is 2. The molecular weight excluding hydrogens is 508 g/mol. The summed E-state index contributed by atoms with van der Waals surface area (Å²) in [6, 6.07) is 21.9. The predicted octanol–water partition coefficient (Wildman–Crippen LogP) is 4.68. The molecule has 8 N–H and O–H groups in total. The first kappa shape index (κ1) is 36.0. The lowest BCUT2D eigenvalue weighted by Gasteiger charge is -1.99. The van der Waals surface area contributed by atoms with Crippen molar-refractivity contribution in [2.24, 2.45) is 16.2 Å². The lowest BCUT2D eigenvalue weighted by Crippen LogP contribution is -1.95. The van der Waals surface area contributed by atoms with Gasteiger partial charge in [0.05, 0.1) is 18.5 Å². The van der Waals surface area contributed by atoms with Gasteiger partial charge in [0.15, 0.2) is 5.78 Å². The van der Waals surface area contributed by atoms with E-state index in [0.717, 1.165) is 33.9 Å². The van der Waals surface area contributed by atoms with Gasteiger partial charge in [0, 0.05) is 22.6 Å². The maximum atomic E-state index is 10.7. The summed E-state index contributed by atoms with van der Waals surface area (Å²) in [6.45, 7) is 5.30. The number of anilines is 3. The molecule has 38 heavy (non-hydrogen) atoms. The second kappa shape index (κ2) is 21.0. The average Bonchev–Trinajstić information content (AvgIpc) is 2.87. The van der Waals surface area contributed by atoms with E-state index < -0.39 is 0 Å².